The summed E-state index contributed by atoms with van der Waals surface area (Å²) < 4.78 is 10.6. The molecule has 0 radical (unpaired) electrons. The zero-order chi connectivity index (χ0) is 17.1. The van der Waals surface area contributed by atoms with Gasteiger partial charge in [0.2, 0.25) is 6.29 Å². The van der Waals surface area contributed by atoms with Crippen LogP contribution < -0.4 is 15.2 Å². The summed E-state index contributed by atoms with van der Waals surface area (Å²) in [5.41, 5.74) is 5.61. The Labute approximate surface area is 137 Å². The number of rotatable bonds is 7. The maximum Gasteiger partial charge on any atom is 0.281 e. The van der Waals surface area contributed by atoms with Crippen molar-refractivity contribution in [2.45, 2.75) is 25.7 Å². The Kier molecular flexibility index (Phi) is 8.75. The van der Waals surface area contributed by atoms with Gasteiger partial charge < -0.3 is 20.1 Å². The Morgan fingerprint density at radius 3 is 2.35 bits per heavy atom. The molecule has 1 amide bonds. The van der Waals surface area contributed by atoms with Crippen LogP contribution in [0.15, 0.2) is 18.2 Å². The second kappa shape index (κ2) is 10.6. The summed E-state index contributed by atoms with van der Waals surface area (Å²) in [6.07, 6.45) is 5.12. The molecule has 23 heavy (non-hydrogen) atoms. The molecule has 1 aliphatic rings. The quantitative estimate of drug-likeness (QED) is 0.606. The van der Waals surface area contributed by atoms with Crippen LogP contribution in [0.3, 0.4) is 0 Å². The average molecular weight is 322 g/mol. The Hall–Kier alpha value is -2.08. The van der Waals surface area contributed by atoms with E-state index in [1.165, 1.54) is 44.5 Å². The summed E-state index contributed by atoms with van der Waals surface area (Å²) in [6.45, 7) is 3.78. The second-order valence-corrected chi connectivity index (χ2v) is 5.36. The van der Waals surface area contributed by atoms with Gasteiger partial charge in [0, 0.05) is 0 Å². The molecule has 0 unspecified atom stereocenters. The van der Waals surface area contributed by atoms with Crippen LogP contribution in [0, 0.1) is 0 Å². The number of ether oxygens (including phenoxy) is 2. The van der Waals surface area contributed by atoms with Crippen molar-refractivity contribution in [3.63, 3.8) is 0 Å². The standard InChI is InChI=1S/C15H23NO2.C2H3NO2/c1-17-14-8-7-13(12-15(14)18-2)6-5-11-16-9-3-4-10-16;3-2(5)1-4/h7-8,12H,3-6,9-11H2,1-2H3;1H,(H2,3,5). The number of benzene rings is 1. The van der Waals surface area contributed by atoms with Gasteiger partial charge in [-0.3, -0.25) is 9.59 Å². The van der Waals surface area contributed by atoms with Crippen LogP contribution in [0.25, 0.3) is 0 Å². The second-order valence-electron chi connectivity index (χ2n) is 5.36. The molecule has 1 aromatic rings. The molecule has 6 heteroatoms. The van der Waals surface area contributed by atoms with E-state index in [1.807, 2.05) is 6.07 Å². The van der Waals surface area contributed by atoms with E-state index < -0.39 is 5.91 Å². The molecular formula is C17H26N2O4. The number of primary amides is 1. The summed E-state index contributed by atoms with van der Waals surface area (Å²) in [6, 6.07) is 6.21. The molecule has 6 nitrogen and oxygen atoms in total. The maximum absolute atomic E-state index is 9.22. The highest BCUT2D eigenvalue weighted by atomic mass is 16.5. The Morgan fingerprint density at radius 1 is 1.22 bits per heavy atom. The number of hydrogen-bond donors (Lipinski definition) is 1. The maximum atomic E-state index is 9.22. The first-order valence-electron chi connectivity index (χ1n) is 7.78. The number of likely N-dealkylation sites (tertiary alicyclic amines) is 1. The lowest BCUT2D eigenvalue weighted by molar-refractivity contribution is -0.129. The molecule has 1 saturated heterocycles. The van der Waals surface area contributed by atoms with E-state index in [9.17, 15) is 4.79 Å². The number of amides is 1. The van der Waals surface area contributed by atoms with Crippen molar-refractivity contribution in [2.75, 3.05) is 33.9 Å². The van der Waals surface area contributed by atoms with Crippen molar-refractivity contribution in [1.82, 2.24) is 4.90 Å². The molecule has 0 aliphatic carbocycles. The lowest BCUT2D eigenvalue weighted by Gasteiger charge is -2.14. The number of nitrogens with zero attached hydrogens (tertiary/aromatic N) is 1. The third-order valence-corrected chi connectivity index (χ3v) is 3.70. The molecule has 0 bridgehead atoms. The summed E-state index contributed by atoms with van der Waals surface area (Å²) in [5.74, 6) is 0.710. The van der Waals surface area contributed by atoms with Gasteiger partial charge in [-0.15, -0.1) is 0 Å². The molecule has 2 N–H and O–H groups in total. The van der Waals surface area contributed by atoms with E-state index in [0.717, 1.165) is 17.9 Å². The number of aryl methyl sites for hydroxylation is 1. The minimum atomic E-state index is -0.926. The summed E-state index contributed by atoms with van der Waals surface area (Å²) in [4.78, 5) is 20.8. The minimum absolute atomic E-state index is 0.0556. The monoisotopic (exact) mass is 322 g/mol. The van der Waals surface area contributed by atoms with Gasteiger partial charge in [-0.05, 0) is 63.0 Å². The Bertz CT molecular complexity index is 499. The third kappa shape index (κ3) is 7.15. The number of aldehydes is 1. The van der Waals surface area contributed by atoms with E-state index in [4.69, 9.17) is 14.3 Å². The minimum Gasteiger partial charge on any atom is -0.493 e. The molecule has 1 heterocycles. The molecule has 128 valence electrons. The van der Waals surface area contributed by atoms with Gasteiger partial charge in [-0.1, -0.05) is 6.07 Å². The van der Waals surface area contributed by atoms with Gasteiger partial charge in [-0.25, -0.2) is 0 Å². The highest BCUT2D eigenvalue weighted by molar-refractivity contribution is 6.22. The predicted molar refractivity (Wildman–Crippen MR) is 88.8 cm³/mol. The fraction of sp³-hybridized carbons (Fsp3) is 0.529. The molecule has 1 aliphatic heterocycles. The number of carbonyl (C=O) groups is 2. The zero-order valence-corrected chi connectivity index (χ0v) is 13.9. The summed E-state index contributed by atoms with van der Waals surface area (Å²) in [5, 5.41) is 0. The summed E-state index contributed by atoms with van der Waals surface area (Å²) >= 11 is 0. The number of carbonyl (C=O) groups excluding carboxylic acids is 2. The van der Waals surface area contributed by atoms with Crippen LogP contribution >= 0.6 is 0 Å². The van der Waals surface area contributed by atoms with Gasteiger partial charge >= 0.3 is 0 Å². The lowest BCUT2D eigenvalue weighted by Crippen LogP contribution is -2.20. The van der Waals surface area contributed by atoms with Crippen LogP contribution in [-0.4, -0.2) is 50.9 Å². The van der Waals surface area contributed by atoms with Crippen molar-refractivity contribution in [3.05, 3.63) is 23.8 Å². The first-order chi connectivity index (χ1) is 11.1. The third-order valence-electron chi connectivity index (χ3n) is 3.70. The van der Waals surface area contributed by atoms with Crippen LogP contribution in [0.4, 0.5) is 0 Å². The molecule has 0 aromatic heterocycles. The van der Waals surface area contributed by atoms with E-state index in [1.54, 1.807) is 14.2 Å². The lowest BCUT2D eigenvalue weighted by atomic mass is 10.1. The van der Waals surface area contributed by atoms with Crippen molar-refractivity contribution in [2.24, 2.45) is 5.73 Å². The summed E-state index contributed by atoms with van der Waals surface area (Å²) in [7, 11) is 3.36. The molecule has 2 rings (SSSR count). The van der Waals surface area contributed by atoms with Crippen LogP contribution in [-0.2, 0) is 16.0 Å². The number of hydrogen-bond acceptors (Lipinski definition) is 5. The largest absolute Gasteiger partial charge is 0.493 e. The first-order valence-corrected chi connectivity index (χ1v) is 7.78. The van der Waals surface area contributed by atoms with Gasteiger partial charge in [-0.2, -0.15) is 0 Å². The topological polar surface area (TPSA) is 81.9 Å². The highest BCUT2D eigenvalue weighted by Gasteiger charge is 2.11. The SMILES string of the molecule is COc1ccc(CCCN2CCCC2)cc1OC.NC(=O)C=O. The van der Waals surface area contributed by atoms with Gasteiger partial charge in [0.1, 0.15) is 0 Å². The fourth-order valence-electron chi connectivity index (χ4n) is 2.55. The van der Waals surface area contributed by atoms with E-state index in [0.29, 0.717) is 0 Å². The van der Waals surface area contributed by atoms with Crippen LogP contribution in [0.2, 0.25) is 0 Å². The number of nitrogens with two attached hydrogens (primary N) is 1. The molecule has 1 fully saturated rings. The van der Waals surface area contributed by atoms with Crippen molar-refractivity contribution >= 4 is 12.2 Å². The normalized spacial score (nSPS) is 13.8. The van der Waals surface area contributed by atoms with Crippen LogP contribution in [0.5, 0.6) is 11.5 Å². The first kappa shape index (κ1) is 19.0. The molecule has 0 saturated carbocycles. The molecule has 0 spiro atoms. The average Bonchev–Trinajstić information content (AvgIpc) is 3.08. The van der Waals surface area contributed by atoms with Gasteiger partial charge in [0.05, 0.1) is 14.2 Å². The Morgan fingerprint density at radius 2 is 1.83 bits per heavy atom. The van der Waals surface area contributed by atoms with Crippen molar-refractivity contribution in [3.8, 4) is 11.5 Å². The fourth-order valence-corrected chi connectivity index (χ4v) is 2.55. The predicted octanol–water partition coefficient (Wildman–Crippen LogP) is 1.40. The van der Waals surface area contributed by atoms with Crippen molar-refractivity contribution < 1.29 is 19.1 Å². The zero-order valence-electron chi connectivity index (χ0n) is 13.9. The van der Waals surface area contributed by atoms with E-state index in [2.05, 4.69) is 22.8 Å². The molecule has 1 aromatic carbocycles. The van der Waals surface area contributed by atoms with E-state index >= 15 is 0 Å². The Balaban J connectivity index is 0.000000463. The molecular weight excluding hydrogens is 296 g/mol. The van der Waals surface area contributed by atoms with E-state index in [-0.39, 0.29) is 6.29 Å². The smallest absolute Gasteiger partial charge is 0.281 e. The van der Waals surface area contributed by atoms with Crippen molar-refractivity contribution in [1.29, 1.82) is 0 Å². The van der Waals surface area contributed by atoms with Gasteiger partial charge in [0.25, 0.3) is 5.91 Å². The van der Waals surface area contributed by atoms with Gasteiger partial charge in [0.15, 0.2) is 11.5 Å². The number of methoxy groups -OCH3 is 2. The van der Waals surface area contributed by atoms with Crippen LogP contribution in [0.1, 0.15) is 24.8 Å². The molecule has 0 atom stereocenters. The highest BCUT2D eigenvalue weighted by Crippen LogP contribution is 2.28.